The lowest BCUT2D eigenvalue weighted by molar-refractivity contribution is -0.140. The van der Waals surface area contributed by atoms with Gasteiger partial charge in [-0.15, -0.1) is 0 Å². The van der Waals surface area contributed by atoms with Gasteiger partial charge in [0.05, 0.1) is 6.26 Å². The molecule has 0 bridgehead atoms. The van der Waals surface area contributed by atoms with Gasteiger partial charge in [-0.2, -0.15) is 0 Å². The second-order valence-corrected chi connectivity index (χ2v) is 5.98. The summed E-state index contributed by atoms with van der Waals surface area (Å²) in [5.41, 5.74) is 0.212. The minimum Gasteiger partial charge on any atom is -0.480 e. The first-order chi connectivity index (χ1) is 11.9. The Morgan fingerprint density at radius 1 is 1.20 bits per heavy atom. The van der Waals surface area contributed by atoms with E-state index in [4.69, 9.17) is 9.52 Å². The number of carboxylic acid groups (broad SMARTS) is 1. The van der Waals surface area contributed by atoms with Crippen LogP contribution in [0.15, 0.2) is 57.2 Å². The molecule has 0 aliphatic rings. The van der Waals surface area contributed by atoms with Crippen molar-refractivity contribution in [3.8, 4) is 0 Å². The molecule has 0 radical (unpaired) electrons. The molecule has 25 heavy (non-hydrogen) atoms. The number of nitrogens with one attached hydrogen (secondary N) is 2. The number of benzene rings is 1. The van der Waals surface area contributed by atoms with Crippen molar-refractivity contribution in [3.05, 3.63) is 64.2 Å². The Bertz CT molecular complexity index is 797. The number of amides is 2. The Hall–Kier alpha value is -2.87. The number of carbonyl (C=O) groups excluding carboxylic acids is 2. The zero-order valence-electron chi connectivity index (χ0n) is 13.2. The first-order valence-corrected chi connectivity index (χ1v) is 8.02. The second kappa shape index (κ2) is 8.29. The number of aliphatic carboxylic acids is 1. The lowest BCUT2D eigenvalue weighted by Crippen LogP contribution is -2.42. The molecule has 0 saturated carbocycles. The summed E-state index contributed by atoms with van der Waals surface area (Å²) in [5, 5.41) is 13.7. The Kier molecular flexibility index (Phi) is 6.13. The number of carboxylic acids is 1. The third kappa shape index (κ3) is 5.32. The highest BCUT2D eigenvalue weighted by Crippen LogP contribution is 2.12. The molecule has 7 nitrogen and oxygen atoms in total. The molecule has 1 atom stereocenters. The zero-order valence-corrected chi connectivity index (χ0v) is 14.7. The average molecular weight is 407 g/mol. The van der Waals surface area contributed by atoms with Gasteiger partial charge in [-0.05, 0) is 43.3 Å². The van der Waals surface area contributed by atoms with Crippen LogP contribution >= 0.6 is 15.9 Å². The third-order valence-electron chi connectivity index (χ3n) is 3.15. The van der Waals surface area contributed by atoms with E-state index in [-0.39, 0.29) is 5.70 Å². The molecule has 130 valence electrons. The van der Waals surface area contributed by atoms with Gasteiger partial charge in [-0.3, -0.25) is 14.4 Å². The van der Waals surface area contributed by atoms with Crippen LogP contribution < -0.4 is 10.6 Å². The standard InChI is InChI=1S/C17H15BrN2O5/c1-10(17(23)24)19-16(22)14(9-13-3-2-8-25-13)20-15(21)11-4-6-12(18)7-5-11/h2-10H,1H3,(H,19,22)(H,20,21)(H,23,24)/b14-9-/t10-/m0/s1. The number of rotatable bonds is 6. The van der Waals surface area contributed by atoms with Crippen LogP contribution in [0, 0.1) is 0 Å². The van der Waals surface area contributed by atoms with Crippen molar-refractivity contribution in [1.29, 1.82) is 0 Å². The van der Waals surface area contributed by atoms with Gasteiger partial charge in [0.1, 0.15) is 17.5 Å². The summed E-state index contributed by atoms with van der Waals surface area (Å²) in [7, 11) is 0. The maximum Gasteiger partial charge on any atom is 0.325 e. The van der Waals surface area contributed by atoms with E-state index in [0.29, 0.717) is 11.3 Å². The van der Waals surface area contributed by atoms with Crippen LogP contribution in [0.4, 0.5) is 0 Å². The van der Waals surface area contributed by atoms with Crippen LogP contribution in [0.3, 0.4) is 0 Å². The third-order valence-corrected chi connectivity index (χ3v) is 3.68. The fourth-order valence-corrected chi connectivity index (χ4v) is 2.07. The molecule has 1 aromatic carbocycles. The predicted octanol–water partition coefficient (Wildman–Crippen LogP) is 2.40. The molecule has 3 N–H and O–H groups in total. The van der Waals surface area contributed by atoms with Gasteiger partial charge in [0.2, 0.25) is 0 Å². The quantitative estimate of drug-likeness (QED) is 0.638. The molecule has 0 aliphatic heterocycles. The fourth-order valence-electron chi connectivity index (χ4n) is 1.81. The molecule has 8 heteroatoms. The highest BCUT2D eigenvalue weighted by molar-refractivity contribution is 9.10. The first kappa shape index (κ1) is 18.5. The summed E-state index contributed by atoms with van der Waals surface area (Å²) >= 11 is 3.27. The molecule has 2 rings (SSSR count). The van der Waals surface area contributed by atoms with Gasteiger partial charge in [0.15, 0.2) is 0 Å². The number of hydrogen-bond acceptors (Lipinski definition) is 4. The van der Waals surface area contributed by atoms with Crippen LogP contribution in [0.2, 0.25) is 0 Å². The van der Waals surface area contributed by atoms with E-state index in [1.807, 2.05) is 0 Å². The van der Waals surface area contributed by atoms with Crippen molar-refractivity contribution in [3.63, 3.8) is 0 Å². The van der Waals surface area contributed by atoms with Gasteiger partial charge in [0.25, 0.3) is 11.8 Å². The molecule has 0 spiro atoms. The highest BCUT2D eigenvalue weighted by Gasteiger charge is 2.20. The van der Waals surface area contributed by atoms with E-state index in [1.54, 1.807) is 36.4 Å². The van der Waals surface area contributed by atoms with E-state index < -0.39 is 23.8 Å². The molecule has 2 amide bonds. The van der Waals surface area contributed by atoms with Gasteiger partial charge >= 0.3 is 5.97 Å². The lowest BCUT2D eigenvalue weighted by Gasteiger charge is -2.13. The minimum absolute atomic E-state index is 0.129. The molecular formula is C17H15BrN2O5. The van der Waals surface area contributed by atoms with Crippen LogP contribution in [-0.4, -0.2) is 28.9 Å². The molecule has 0 fully saturated rings. The molecular weight excluding hydrogens is 392 g/mol. The van der Waals surface area contributed by atoms with E-state index in [1.165, 1.54) is 19.3 Å². The van der Waals surface area contributed by atoms with Crippen molar-refractivity contribution < 1.29 is 23.9 Å². The normalized spacial score (nSPS) is 12.3. The monoisotopic (exact) mass is 406 g/mol. The van der Waals surface area contributed by atoms with Crippen molar-refractivity contribution in [1.82, 2.24) is 10.6 Å². The van der Waals surface area contributed by atoms with Gasteiger partial charge in [-0.1, -0.05) is 15.9 Å². The van der Waals surface area contributed by atoms with Crippen molar-refractivity contribution in [2.24, 2.45) is 0 Å². The summed E-state index contributed by atoms with van der Waals surface area (Å²) < 4.78 is 5.95. The highest BCUT2D eigenvalue weighted by atomic mass is 79.9. The topological polar surface area (TPSA) is 109 Å². The smallest absolute Gasteiger partial charge is 0.325 e. The number of carbonyl (C=O) groups is 3. The molecule has 0 aliphatic carbocycles. The SMILES string of the molecule is C[C@H](NC(=O)/C(=C/c1ccco1)NC(=O)c1ccc(Br)cc1)C(=O)O. The van der Waals surface area contributed by atoms with E-state index in [9.17, 15) is 14.4 Å². The average Bonchev–Trinajstić information content (AvgIpc) is 3.07. The first-order valence-electron chi connectivity index (χ1n) is 7.22. The minimum atomic E-state index is -1.19. The van der Waals surface area contributed by atoms with Crippen LogP contribution in [0.25, 0.3) is 6.08 Å². The molecule has 1 heterocycles. The van der Waals surface area contributed by atoms with E-state index >= 15 is 0 Å². The molecule has 0 unspecified atom stereocenters. The van der Waals surface area contributed by atoms with Gasteiger partial charge < -0.3 is 20.2 Å². The largest absolute Gasteiger partial charge is 0.480 e. The van der Waals surface area contributed by atoms with Crippen LogP contribution in [0.5, 0.6) is 0 Å². The van der Waals surface area contributed by atoms with E-state index in [0.717, 1.165) is 4.47 Å². The Morgan fingerprint density at radius 3 is 2.44 bits per heavy atom. The fraction of sp³-hybridized carbons (Fsp3) is 0.118. The van der Waals surface area contributed by atoms with Crippen LogP contribution in [0.1, 0.15) is 23.0 Å². The number of halogens is 1. The number of hydrogen-bond donors (Lipinski definition) is 3. The Labute approximate surface area is 151 Å². The molecule has 0 saturated heterocycles. The van der Waals surface area contributed by atoms with Crippen molar-refractivity contribution >= 4 is 39.8 Å². The van der Waals surface area contributed by atoms with Crippen molar-refractivity contribution in [2.45, 2.75) is 13.0 Å². The van der Waals surface area contributed by atoms with Gasteiger partial charge in [0, 0.05) is 16.1 Å². The molecule has 1 aromatic heterocycles. The summed E-state index contributed by atoms with van der Waals surface area (Å²) in [5.74, 6) is -2.10. The molecule has 2 aromatic rings. The van der Waals surface area contributed by atoms with Crippen LogP contribution in [-0.2, 0) is 9.59 Å². The maximum absolute atomic E-state index is 12.3. The Balaban J connectivity index is 2.22. The summed E-state index contributed by atoms with van der Waals surface area (Å²) in [4.78, 5) is 35.5. The predicted molar refractivity (Wildman–Crippen MR) is 93.5 cm³/mol. The maximum atomic E-state index is 12.3. The summed E-state index contributed by atoms with van der Waals surface area (Å²) in [6, 6.07) is 8.66. The van der Waals surface area contributed by atoms with Crippen molar-refractivity contribution in [2.75, 3.05) is 0 Å². The van der Waals surface area contributed by atoms with Gasteiger partial charge in [-0.25, -0.2) is 0 Å². The van der Waals surface area contributed by atoms with E-state index in [2.05, 4.69) is 26.6 Å². The summed E-state index contributed by atoms with van der Waals surface area (Å²) in [6.07, 6.45) is 2.73. The lowest BCUT2D eigenvalue weighted by atomic mass is 10.2. The number of furan rings is 1. The summed E-state index contributed by atoms with van der Waals surface area (Å²) in [6.45, 7) is 1.32. The zero-order chi connectivity index (χ0) is 18.4. The Morgan fingerprint density at radius 2 is 1.88 bits per heavy atom. The second-order valence-electron chi connectivity index (χ2n) is 5.07.